The van der Waals surface area contributed by atoms with Crippen LogP contribution < -0.4 is 0 Å². The smallest absolute Gasteiger partial charge is 0.345 e. The predicted octanol–water partition coefficient (Wildman–Crippen LogP) is 1.93. The number of aliphatic hydroxyl groups is 2. The standard InChI is InChI=1S/C14H20O4S/c1-13(2,3)18-12(16)14(17,9-15)10-5-7-11(19-4)8-6-10/h5-8,15,17H,9H2,1-4H3/t14-/m0/s1. The van der Waals surface area contributed by atoms with Gasteiger partial charge in [-0.3, -0.25) is 0 Å². The van der Waals surface area contributed by atoms with Crippen molar-refractivity contribution >= 4 is 17.7 Å². The van der Waals surface area contributed by atoms with Gasteiger partial charge in [0.1, 0.15) is 5.60 Å². The molecule has 0 saturated heterocycles. The van der Waals surface area contributed by atoms with Crippen LogP contribution in [0.5, 0.6) is 0 Å². The summed E-state index contributed by atoms with van der Waals surface area (Å²) in [6.45, 7) is 4.40. The van der Waals surface area contributed by atoms with Gasteiger partial charge in [0.05, 0.1) is 6.61 Å². The Morgan fingerprint density at radius 3 is 2.16 bits per heavy atom. The first-order chi connectivity index (χ1) is 8.73. The van der Waals surface area contributed by atoms with Gasteiger partial charge in [0.2, 0.25) is 5.60 Å². The third kappa shape index (κ3) is 3.96. The van der Waals surface area contributed by atoms with Crippen molar-refractivity contribution in [2.24, 2.45) is 0 Å². The maximum atomic E-state index is 12.0. The normalized spacial score (nSPS) is 14.8. The van der Waals surface area contributed by atoms with Crippen LogP contribution in [-0.2, 0) is 15.1 Å². The molecule has 1 atom stereocenters. The van der Waals surface area contributed by atoms with E-state index in [4.69, 9.17) is 4.74 Å². The highest BCUT2D eigenvalue weighted by molar-refractivity contribution is 7.98. The van der Waals surface area contributed by atoms with Crippen molar-refractivity contribution in [3.05, 3.63) is 29.8 Å². The van der Waals surface area contributed by atoms with Crippen LogP contribution in [0.2, 0.25) is 0 Å². The summed E-state index contributed by atoms with van der Waals surface area (Å²) in [5.74, 6) is -0.848. The van der Waals surface area contributed by atoms with Gasteiger partial charge in [-0.1, -0.05) is 12.1 Å². The van der Waals surface area contributed by atoms with Gasteiger partial charge in [-0.05, 0) is 44.7 Å². The summed E-state index contributed by atoms with van der Waals surface area (Å²) in [5, 5.41) is 19.7. The van der Waals surface area contributed by atoms with E-state index in [0.29, 0.717) is 5.56 Å². The number of aliphatic hydroxyl groups excluding tert-OH is 1. The first kappa shape index (κ1) is 16.0. The average molecular weight is 284 g/mol. The highest BCUT2D eigenvalue weighted by Gasteiger charge is 2.41. The van der Waals surface area contributed by atoms with Gasteiger partial charge in [-0.2, -0.15) is 0 Å². The molecule has 1 aromatic carbocycles. The minimum atomic E-state index is -2.02. The number of carbonyl (C=O) groups is 1. The molecule has 1 rings (SSSR count). The Morgan fingerprint density at radius 1 is 1.26 bits per heavy atom. The second-order valence-electron chi connectivity index (χ2n) is 5.25. The van der Waals surface area contributed by atoms with Crippen molar-refractivity contribution in [2.75, 3.05) is 12.9 Å². The number of esters is 1. The summed E-state index contributed by atoms with van der Waals surface area (Å²) < 4.78 is 5.15. The van der Waals surface area contributed by atoms with E-state index in [0.717, 1.165) is 4.90 Å². The number of hydrogen-bond donors (Lipinski definition) is 2. The van der Waals surface area contributed by atoms with E-state index in [1.807, 2.05) is 6.26 Å². The van der Waals surface area contributed by atoms with Crippen LogP contribution in [0.4, 0.5) is 0 Å². The Balaban J connectivity index is 3.04. The fourth-order valence-electron chi connectivity index (χ4n) is 1.50. The molecule has 0 saturated carbocycles. The fourth-order valence-corrected chi connectivity index (χ4v) is 1.91. The lowest BCUT2D eigenvalue weighted by Crippen LogP contribution is -2.44. The SMILES string of the molecule is CSc1ccc([C@@](O)(CO)C(=O)OC(C)(C)C)cc1. The molecule has 2 N–H and O–H groups in total. The Morgan fingerprint density at radius 2 is 1.79 bits per heavy atom. The highest BCUT2D eigenvalue weighted by Crippen LogP contribution is 2.27. The largest absolute Gasteiger partial charge is 0.458 e. The number of ether oxygens (including phenoxy) is 1. The van der Waals surface area contributed by atoms with Crippen molar-refractivity contribution in [2.45, 2.75) is 36.9 Å². The third-order valence-corrected chi connectivity index (χ3v) is 3.28. The van der Waals surface area contributed by atoms with Crippen molar-refractivity contribution in [3.63, 3.8) is 0 Å². The molecule has 0 fully saturated rings. The van der Waals surface area contributed by atoms with E-state index in [2.05, 4.69) is 0 Å². The second kappa shape index (κ2) is 5.94. The van der Waals surface area contributed by atoms with E-state index in [1.165, 1.54) is 0 Å². The molecule has 5 heteroatoms. The first-order valence-corrected chi connectivity index (χ1v) is 7.16. The predicted molar refractivity (Wildman–Crippen MR) is 75.1 cm³/mol. The van der Waals surface area contributed by atoms with Crippen molar-refractivity contribution in [1.29, 1.82) is 0 Å². The molecule has 0 unspecified atom stereocenters. The summed E-state index contributed by atoms with van der Waals surface area (Å²) in [6.07, 6.45) is 1.93. The zero-order valence-electron chi connectivity index (χ0n) is 11.6. The maximum Gasteiger partial charge on any atom is 0.345 e. The topological polar surface area (TPSA) is 66.8 Å². The molecule has 19 heavy (non-hydrogen) atoms. The molecule has 0 radical (unpaired) electrons. The Bertz CT molecular complexity index is 436. The van der Waals surface area contributed by atoms with E-state index >= 15 is 0 Å². The van der Waals surface area contributed by atoms with Crippen LogP contribution in [0.3, 0.4) is 0 Å². The number of carbonyl (C=O) groups excluding carboxylic acids is 1. The Kier molecular flexibility index (Phi) is 5.01. The Labute approximate surface area is 117 Å². The van der Waals surface area contributed by atoms with Crippen LogP contribution in [0.25, 0.3) is 0 Å². The molecular weight excluding hydrogens is 264 g/mol. The molecule has 0 aliphatic carbocycles. The van der Waals surface area contributed by atoms with Crippen LogP contribution in [0.1, 0.15) is 26.3 Å². The zero-order valence-corrected chi connectivity index (χ0v) is 12.5. The fraction of sp³-hybridized carbons (Fsp3) is 0.500. The monoisotopic (exact) mass is 284 g/mol. The number of hydrogen-bond acceptors (Lipinski definition) is 5. The molecule has 0 aromatic heterocycles. The molecule has 0 aliphatic heterocycles. The van der Waals surface area contributed by atoms with Crippen molar-refractivity contribution in [3.8, 4) is 0 Å². The molecule has 4 nitrogen and oxygen atoms in total. The molecule has 0 bridgehead atoms. The second-order valence-corrected chi connectivity index (χ2v) is 6.13. The summed E-state index contributed by atoms with van der Waals surface area (Å²) in [7, 11) is 0. The van der Waals surface area contributed by atoms with Gasteiger partial charge < -0.3 is 14.9 Å². The first-order valence-electron chi connectivity index (χ1n) is 5.94. The summed E-state index contributed by atoms with van der Waals surface area (Å²) in [4.78, 5) is 13.0. The third-order valence-electron chi connectivity index (χ3n) is 2.53. The van der Waals surface area contributed by atoms with Gasteiger partial charge in [-0.15, -0.1) is 11.8 Å². The lowest BCUT2D eigenvalue weighted by Gasteiger charge is -2.29. The van der Waals surface area contributed by atoms with Crippen LogP contribution in [0, 0.1) is 0 Å². The highest BCUT2D eigenvalue weighted by atomic mass is 32.2. The molecule has 0 heterocycles. The number of rotatable bonds is 4. The molecule has 1 aromatic rings. The molecule has 0 spiro atoms. The Hall–Kier alpha value is -1.04. The summed E-state index contributed by atoms with van der Waals surface area (Å²) >= 11 is 1.55. The molecule has 0 amide bonds. The molecule has 0 aliphatic rings. The number of benzene rings is 1. The van der Waals surface area contributed by atoms with E-state index in [9.17, 15) is 15.0 Å². The quantitative estimate of drug-likeness (QED) is 0.653. The van der Waals surface area contributed by atoms with Crippen LogP contribution in [0.15, 0.2) is 29.2 Å². The minimum absolute atomic E-state index is 0.321. The van der Waals surface area contributed by atoms with E-state index < -0.39 is 23.8 Å². The summed E-state index contributed by atoms with van der Waals surface area (Å²) in [5.41, 5.74) is -2.43. The lowest BCUT2D eigenvalue weighted by atomic mass is 9.94. The van der Waals surface area contributed by atoms with Crippen LogP contribution in [-0.4, -0.2) is 34.6 Å². The van der Waals surface area contributed by atoms with Crippen LogP contribution >= 0.6 is 11.8 Å². The zero-order chi connectivity index (χ0) is 14.7. The van der Waals surface area contributed by atoms with E-state index in [1.54, 1.807) is 56.8 Å². The van der Waals surface area contributed by atoms with Gasteiger partial charge >= 0.3 is 5.97 Å². The number of thioether (sulfide) groups is 1. The lowest BCUT2D eigenvalue weighted by molar-refractivity contribution is -0.182. The van der Waals surface area contributed by atoms with Crippen molar-refractivity contribution < 1.29 is 19.7 Å². The van der Waals surface area contributed by atoms with Gasteiger partial charge in [0, 0.05) is 4.90 Å². The van der Waals surface area contributed by atoms with Crippen molar-refractivity contribution in [1.82, 2.24) is 0 Å². The van der Waals surface area contributed by atoms with E-state index in [-0.39, 0.29) is 0 Å². The maximum absolute atomic E-state index is 12.0. The summed E-state index contributed by atoms with van der Waals surface area (Å²) in [6, 6.07) is 6.80. The van der Waals surface area contributed by atoms with Gasteiger partial charge in [-0.25, -0.2) is 4.79 Å². The minimum Gasteiger partial charge on any atom is -0.458 e. The molecule has 106 valence electrons. The average Bonchev–Trinajstić information content (AvgIpc) is 2.35. The molecular formula is C14H20O4S. The van der Waals surface area contributed by atoms with Gasteiger partial charge in [0.15, 0.2) is 0 Å². The van der Waals surface area contributed by atoms with Gasteiger partial charge in [0.25, 0.3) is 0 Å².